The zero-order valence-electron chi connectivity index (χ0n) is 18.8. The second kappa shape index (κ2) is 12.8. The lowest BCUT2D eigenvalue weighted by Crippen LogP contribution is -2.53. The van der Waals surface area contributed by atoms with E-state index >= 15 is 0 Å². The number of benzene rings is 1. The van der Waals surface area contributed by atoms with E-state index in [1.54, 1.807) is 38.4 Å². The Labute approximate surface area is 208 Å². The van der Waals surface area contributed by atoms with Crippen LogP contribution >= 0.6 is 35.6 Å². The third-order valence-corrected chi connectivity index (χ3v) is 6.27. The van der Waals surface area contributed by atoms with E-state index in [4.69, 9.17) is 29.2 Å². The van der Waals surface area contributed by atoms with Crippen molar-refractivity contribution in [2.24, 2.45) is 0 Å². The van der Waals surface area contributed by atoms with Crippen molar-refractivity contribution in [3.63, 3.8) is 0 Å². The van der Waals surface area contributed by atoms with Crippen molar-refractivity contribution < 1.29 is 14.4 Å². The van der Waals surface area contributed by atoms with Gasteiger partial charge in [-0.2, -0.15) is 0 Å². The molecule has 0 fully saturated rings. The Kier molecular flexibility index (Phi) is 10.5. The van der Waals surface area contributed by atoms with Crippen LogP contribution in [0.5, 0.6) is 0 Å². The molecule has 0 aliphatic carbocycles. The lowest BCUT2D eigenvalue weighted by atomic mass is 10.1. The topological polar surface area (TPSA) is 106 Å². The van der Waals surface area contributed by atoms with E-state index < -0.39 is 11.9 Å². The Morgan fingerprint density at radius 1 is 1.27 bits per heavy atom. The van der Waals surface area contributed by atoms with Crippen molar-refractivity contribution in [3.8, 4) is 0 Å². The molecule has 8 nitrogen and oxygen atoms in total. The molecular weight excluding hydrogens is 482 g/mol. The van der Waals surface area contributed by atoms with E-state index in [0.717, 1.165) is 29.6 Å². The summed E-state index contributed by atoms with van der Waals surface area (Å²) in [7, 11) is 5.13. The van der Waals surface area contributed by atoms with Gasteiger partial charge in [0, 0.05) is 49.2 Å². The highest BCUT2D eigenvalue weighted by molar-refractivity contribution is 8.18. The molecule has 1 aliphatic heterocycles. The smallest absolute Gasteiger partial charge is 0.276 e. The Balaban J connectivity index is 1.93. The molecule has 1 aliphatic rings. The maximum Gasteiger partial charge on any atom is 0.276 e. The first kappa shape index (κ1) is 27.0. The van der Waals surface area contributed by atoms with E-state index in [2.05, 4.69) is 15.5 Å². The number of Topliss-reactive ketones (excluding diaryl/α,β-unsaturated/α-hetero) is 1. The van der Waals surface area contributed by atoms with Gasteiger partial charge in [0.05, 0.1) is 11.4 Å². The maximum absolute atomic E-state index is 12.6. The predicted octanol–water partition coefficient (Wildman–Crippen LogP) is 2.33. The van der Waals surface area contributed by atoms with E-state index in [-0.39, 0.29) is 34.7 Å². The summed E-state index contributed by atoms with van der Waals surface area (Å²) in [5, 5.41) is 14.0. The van der Waals surface area contributed by atoms with Gasteiger partial charge in [-0.1, -0.05) is 41.7 Å². The van der Waals surface area contributed by atoms with Crippen molar-refractivity contribution in [1.29, 1.82) is 5.41 Å². The summed E-state index contributed by atoms with van der Waals surface area (Å²) in [4.78, 5) is 42.2. The summed E-state index contributed by atoms with van der Waals surface area (Å²) in [6, 6.07) is 5.55. The molecule has 2 amide bonds. The average molecular weight is 510 g/mol. The summed E-state index contributed by atoms with van der Waals surface area (Å²) >= 11 is 12.2. The number of carbonyl (C=O) groups excluding carboxylic acids is 3. The van der Waals surface area contributed by atoms with Gasteiger partial charge in [-0.3, -0.25) is 19.8 Å². The minimum absolute atomic E-state index is 0.00113. The van der Waals surface area contributed by atoms with Crippen molar-refractivity contribution >= 4 is 63.2 Å². The van der Waals surface area contributed by atoms with Gasteiger partial charge in [-0.15, -0.1) is 0 Å². The molecule has 0 saturated heterocycles. The summed E-state index contributed by atoms with van der Waals surface area (Å²) in [5.74, 6) is -1.18. The Morgan fingerprint density at radius 3 is 2.55 bits per heavy atom. The van der Waals surface area contributed by atoms with Gasteiger partial charge >= 0.3 is 0 Å². The van der Waals surface area contributed by atoms with Crippen LogP contribution in [0, 0.1) is 5.41 Å². The number of hydrogen-bond donors (Lipinski definition) is 3. The van der Waals surface area contributed by atoms with Gasteiger partial charge in [-0.25, -0.2) is 0 Å². The first-order chi connectivity index (χ1) is 15.6. The average Bonchev–Trinajstić information content (AvgIpc) is 2.76. The number of ketones is 1. The fourth-order valence-corrected chi connectivity index (χ4v) is 4.24. The zero-order chi connectivity index (χ0) is 24.5. The molecule has 0 saturated carbocycles. The van der Waals surface area contributed by atoms with Crippen LogP contribution in [0.15, 0.2) is 35.2 Å². The molecule has 1 atom stereocenters. The first-order valence-corrected chi connectivity index (χ1v) is 11.9. The van der Waals surface area contributed by atoms with Crippen molar-refractivity contribution in [3.05, 3.63) is 45.8 Å². The van der Waals surface area contributed by atoms with E-state index in [0.29, 0.717) is 17.1 Å². The van der Waals surface area contributed by atoms with Crippen molar-refractivity contribution in [2.45, 2.75) is 18.9 Å². The summed E-state index contributed by atoms with van der Waals surface area (Å²) < 4.78 is 0. The van der Waals surface area contributed by atoms with Crippen LogP contribution in [-0.4, -0.2) is 84.2 Å². The lowest BCUT2D eigenvalue weighted by molar-refractivity contribution is -0.132. The van der Waals surface area contributed by atoms with Crippen LogP contribution in [0.1, 0.15) is 23.2 Å². The second-order valence-corrected chi connectivity index (χ2v) is 9.86. The molecule has 33 heavy (non-hydrogen) atoms. The van der Waals surface area contributed by atoms with E-state index in [1.807, 2.05) is 13.1 Å². The Morgan fingerprint density at radius 2 is 1.94 bits per heavy atom. The summed E-state index contributed by atoms with van der Waals surface area (Å²) in [5.41, 5.74) is 0.478. The molecule has 3 N–H and O–H groups in total. The monoisotopic (exact) mass is 509 g/mol. The fraction of sp³-hybridized carbons (Fsp3) is 0.409. The summed E-state index contributed by atoms with van der Waals surface area (Å²) in [6.45, 7) is 1.62. The normalized spacial score (nSPS) is 14.6. The highest BCUT2D eigenvalue weighted by Crippen LogP contribution is 2.22. The molecule has 0 bridgehead atoms. The van der Waals surface area contributed by atoms with E-state index in [1.165, 1.54) is 4.90 Å². The molecule has 0 radical (unpaired) electrons. The molecule has 1 aromatic carbocycles. The van der Waals surface area contributed by atoms with Gasteiger partial charge in [0.25, 0.3) is 5.91 Å². The molecule has 178 valence electrons. The van der Waals surface area contributed by atoms with Gasteiger partial charge in [0.2, 0.25) is 5.91 Å². The fourth-order valence-electron chi connectivity index (χ4n) is 3.00. The van der Waals surface area contributed by atoms with Crippen LogP contribution in [0.4, 0.5) is 0 Å². The predicted molar refractivity (Wildman–Crippen MR) is 137 cm³/mol. The molecule has 11 heteroatoms. The number of halogens is 1. The largest absolute Gasteiger partial charge is 0.377 e. The van der Waals surface area contributed by atoms with Gasteiger partial charge in [0.1, 0.15) is 6.04 Å². The molecule has 1 heterocycles. The van der Waals surface area contributed by atoms with E-state index in [9.17, 15) is 14.4 Å². The third-order valence-electron chi connectivity index (χ3n) is 4.78. The number of rotatable bonds is 8. The summed E-state index contributed by atoms with van der Waals surface area (Å²) in [6.07, 6.45) is 2.85. The van der Waals surface area contributed by atoms with Crippen LogP contribution in [-0.2, 0) is 9.59 Å². The molecule has 0 aromatic heterocycles. The molecule has 2 rings (SSSR count). The minimum Gasteiger partial charge on any atom is -0.377 e. The van der Waals surface area contributed by atoms with Crippen LogP contribution in [0.2, 0.25) is 5.02 Å². The van der Waals surface area contributed by atoms with Crippen molar-refractivity contribution in [2.75, 3.05) is 40.8 Å². The standard InChI is InChI=1S/C22H28ClN5O3S2/c1-27(2)22(31)17(26-21(30)20(24)33-16-5-4-10-28(3)13-16)12-25-19(32)11-18(29)14-6-8-15(23)9-7-14/h5-9,17,24H,4,10-13H2,1-3H3,(H,25,32)(H,26,30). The Bertz CT molecular complexity index is 950. The Hall–Kier alpha value is -2.27. The quantitative estimate of drug-likeness (QED) is 0.214. The third kappa shape index (κ3) is 8.88. The molecular formula is C22H28ClN5O3S2. The highest BCUT2D eigenvalue weighted by atomic mass is 35.5. The minimum atomic E-state index is -0.944. The van der Waals surface area contributed by atoms with Crippen LogP contribution in [0.25, 0.3) is 0 Å². The second-order valence-electron chi connectivity index (χ2n) is 7.80. The van der Waals surface area contributed by atoms with Crippen LogP contribution < -0.4 is 10.6 Å². The number of likely N-dealkylation sites (N-methyl/N-ethyl adjacent to an activating group) is 2. The highest BCUT2D eigenvalue weighted by Gasteiger charge is 2.25. The molecule has 1 unspecified atom stereocenters. The van der Waals surface area contributed by atoms with Gasteiger partial charge < -0.3 is 20.4 Å². The lowest BCUT2D eigenvalue weighted by Gasteiger charge is -2.24. The number of thioether (sulfide) groups is 1. The molecule has 1 aromatic rings. The number of nitrogens with one attached hydrogen (secondary N) is 3. The zero-order valence-corrected chi connectivity index (χ0v) is 21.2. The maximum atomic E-state index is 12.6. The van der Waals surface area contributed by atoms with Gasteiger partial charge in [0.15, 0.2) is 10.8 Å². The molecule has 0 spiro atoms. The number of thiocarbonyl (C=S) groups is 1. The number of carbonyl (C=O) groups is 3. The number of amides is 2. The SMILES string of the molecule is CN1CCC=C(SC(=N)C(=O)NC(CNC(=S)CC(=O)c2ccc(Cl)cc2)C(=O)N(C)C)C1. The van der Waals surface area contributed by atoms with Crippen molar-refractivity contribution in [1.82, 2.24) is 20.4 Å². The number of nitrogens with zero attached hydrogens (tertiary/aromatic N) is 2. The van der Waals surface area contributed by atoms with Gasteiger partial charge in [-0.05, 0) is 37.7 Å². The van der Waals surface area contributed by atoms with Crippen LogP contribution in [0.3, 0.4) is 0 Å². The first-order valence-electron chi connectivity index (χ1n) is 10.3. The number of hydrogen-bond acceptors (Lipinski definition) is 7.